The number of nitrogens with one attached hydrogen (secondary N) is 1. The molecular weight excluding hydrogens is 266 g/mol. The fourth-order valence-corrected chi connectivity index (χ4v) is 3.04. The molecule has 2 fully saturated rings. The highest BCUT2D eigenvalue weighted by Crippen LogP contribution is 2.18. The van der Waals surface area contributed by atoms with Gasteiger partial charge in [-0.3, -0.25) is 14.5 Å². The number of benzene rings is 1. The summed E-state index contributed by atoms with van der Waals surface area (Å²) in [4.78, 5) is 28.2. The standard InChI is InChI=1S/C16H21N3O2/c1-11-3-5-13(6-4-11)9-18-7-8-19-14(10-18)15(20)17-12(2)16(19)21/h3-6,12,14H,7-10H2,1-2H3,(H,17,20)/t12-,14+/m0/s1. The van der Waals surface area contributed by atoms with Gasteiger partial charge in [-0.05, 0) is 19.4 Å². The van der Waals surface area contributed by atoms with Gasteiger partial charge >= 0.3 is 0 Å². The predicted molar refractivity (Wildman–Crippen MR) is 79.6 cm³/mol. The Bertz CT molecular complexity index is 555. The van der Waals surface area contributed by atoms with Crippen molar-refractivity contribution < 1.29 is 9.59 Å². The molecule has 2 saturated heterocycles. The van der Waals surface area contributed by atoms with Crippen molar-refractivity contribution in [1.29, 1.82) is 0 Å². The Morgan fingerprint density at radius 1 is 1.19 bits per heavy atom. The molecule has 0 saturated carbocycles. The largest absolute Gasteiger partial charge is 0.343 e. The minimum atomic E-state index is -0.391. The normalized spacial score (nSPS) is 26.5. The summed E-state index contributed by atoms with van der Waals surface area (Å²) < 4.78 is 0. The van der Waals surface area contributed by atoms with Crippen LogP contribution >= 0.6 is 0 Å². The number of fused-ring (bicyclic) bond motifs is 1. The Morgan fingerprint density at radius 3 is 2.62 bits per heavy atom. The fraction of sp³-hybridized carbons (Fsp3) is 0.500. The molecule has 2 aliphatic heterocycles. The van der Waals surface area contributed by atoms with Gasteiger partial charge in [0, 0.05) is 26.2 Å². The maximum absolute atomic E-state index is 12.1. The number of piperazine rings is 2. The van der Waals surface area contributed by atoms with E-state index in [0.29, 0.717) is 13.1 Å². The maximum Gasteiger partial charge on any atom is 0.245 e. The zero-order valence-corrected chi connectivity index (χ0v) is 12.5. The second kappa shape index (κ2) is 5.48. The number of amides is 2. The first-order valence-electron chi connectivity index (χ1n) is 7.43. The van der Waals surface area contributed by atoms with E-state index in [1.165, 1.54) is 11.1 Å². The minimum absolute atomic E-state index is 0.0318. The van der Waals surface area contributed by atoms with Gasteiger partial charge in [0.25, 0.3) is 0 Å². The molecule has 0 spiro atoms. The second-order valence-corrected chi connectivity index (χ2v) is 6.00. The van der Waals surface area contributed by atoms with Crippen LogP contribution in [-0.4, -0.2) is 53.3 Å². The van der Waals surface area contributed by atoms with E-state index in [-0.39, 0.29) is 17.9 Å². The summed E-state index contributed by atoms with van der Waals surface area (Å²) in [5.74, 6) is 0.00490. The van der Waals surface area contributed by atoms with Crippen molar-refractivity contribution in [3.05, 3.63) is 35.4 Å². The van der Waals surface area contributed by atoms with E-state index in [1.54, 1.807) is 11.8 Å². The van der Waals surface area contributed by atoms with E-state index >= 15 is 0 Å². The summed E-state index contributed by atoms with van der Waals surface area (Å²) in [6, 6.07) is 7.71. The second-order valence-electron chi connectivity index (χ2n) is 6.00. The van der Waals surface area contributed by atoms with Crippen LogP contribution in [0.1, 0.15) is 18.1 Å². The topological polar surface area (TPSA) is 52.6 Å². The monoisotopic (exact) mass is 287 g/mol. The molecule has 1 N–H and O–H groups in total. The van der Waals surface area contributed by atoms with Gasteiger partial charge in [0.15, 0.2) is 0 Å². The van der Waals surface area contributed by atoms with Crippen molar-refractivity contribution >= 4 is 11.8 Å². The molecule has 1 aromatic carbocycles. The molecule has 2 atom stereocenters. The molecule has 21 heavy (non-hydrogen) atoms. The van der Waals surface area contributed by atoms with E-state index in [9.17, 15) is 9.59 Å². The lowest BCUT2D eigenvalue weighted by Gasteiger charge is -2.44. The SMILES string of the molecule is Cc1ccc(CN2CCN3C(=O)[C@H](C)NC(=O)[C@H]3C2)cc1. The smallest absolute Gasteiger partial charge is 0.245 e. The van der Waals surface area contributed by atoms with E-state index in [2.05, 4.69) is 41.4 Å². The lowest BCUT2D eigenvalue weighted by Crippen LogP contribution is -2.68. The molecule has 1 aromatic rings. The van der Waals surface area contributed by atoms with Crippen molar-refractivity contribution in [2.24, 2.45) is 0 Å². The highest BCUT2D eigenvalue weighted by atomic mass is 16.2. The van der Waals surface area contributed by atoms with Crippen LogP contribution in [0, 0.1) is 6.92 Å². The average Bonchev–Trinajstić information content (AvgIpc) is 2.47. The van der Waals surface area contributed by atoms with E-state index < -0.39 is 6.04 Å². The molecule has 0 aromatic heterocycles. The molecular formula is C16H21N3O2. The van der Waals surface area contributed by atoms with Crippen molar-refractivity contribution in [2.75, 3.05) is 19.6 Å². The maximum atomic E-state index is 12.1. The van der Waals surface area contributed by atoms with Gasteiger partial charge in [0.2, 0.25) is 11.8 Å². The molecule has 2 heterocycles. The van der Waals surface area contributed by atoms with Gasteiger partial charge in [-0.15, -0.1) is 0 Å². The van der Waals surface area contributed by atoms with E-state index in [0.717, 1.165) is 13.1 Å². The van der Waals surface area contributed by atoms with Crippen LogP contribution in [0.5, 0.6) is 0 Å². The highest BCUT2D eigenvalue weighted by molar-refractivity contribution is 5.97. The minimum Gasteiger partial charge on any atom is -0.343 e. The van der Waals surface area contributed by atoms with E-state index in [4.69, 9.17) is 0 Å². The number of carbonyl (C=O) groups excluding carboxylic acids is 2. The number of rotatable bonds is 2. The summed E-state index contributed by atoms with van der Waals surface area (Å²) in [5, 5.41) is 2.76. The molecule has 0 bridgehead atoms. The highest BCUT2D eigenvalue weighted by Gasteiger charge is 2.41. The van der Waals surface area contributed by atoms with Crippen LogP contribution in [0.4, 0.5) is 0 Å². The number of nitrogens with zero attached hydrogens (tertiary/aromatic N) is 2. The Balaban J connectivity index is 1.68. The molecule has 0 aliphatic carbocycles. The fourth-order valence-electron chi connectivity index (χ4n) is 3.04. The lowest BCUT2D eigenvalue weighted by molar-refractivity contribution is -0.152. The predicted octanol–water partition coefficient (Wildman–Crippen LogP) is 0.526. The van der Waals surface area contributed by atoms with Gasteiger partial charge in [-0.2, -0.15) is 0 Å². The summed E-state index contributed by atoms with van der Waals surface area (Å²) >= 11 is 0. The zero-order chi connectivity index (χ0) is 15.0. The van der Waals surface area contributed by atoms with Gasteiger partial charge in [-0.1, -0.05) is 29.8 Å². The summed E-state index contributed by atoms with van der Waals surface area (Å²) in [6.45, 7) is 6.69. The van der Waals surface area contributed by atoms with Gasteiger partial charge in [0.05, 0.1) is 0 Å². The number of aryl methyl sites for hydroxylation is 1. The number of hydrogen-bond acceptors (Lipinski definition) is 3. The van der Waals surface area contributed by atoms with Crippen LogP contribution in [0.15, 0.2) is 24.3 Å². The number of carbonyl (C=O) groups is 2. The molecule has 5 nitrogen and oxygen atoms in total. The molecule has 3 rings (SSSR count). The third-order valence-corrected chi connectivity index (χ3v) is 4.31. The first-order valence-corrected chi connectivity index (χ1v) is 7.43. The zero-order valence-electron chi connectivity index (χ0n) is 12.5. The first kappa shape index (κ1) is 14.1. The van der Waals surface area contributed by atoms with Crippen molar-refractivity contribution in [2.45, 2.75) is 32.5 Å². The molecule has 5 heteroatoms. The van der Waals surface area contributed by atoms with Crippen LogP contribution < -0.4 is 5.32 Å². The van der Waals surface area contributed by atoms with Gasteiger partial charge in [0.1, 0.15) is 12.1 Å². The van der Waals surface area contributed by atoms with E-state index in [1.807, 2.05) is 0 Å². The number of hydrogen-bond donors (Lipinski definition) is 1. The molecule has 2 amide bonds. The third kappa shape index (κ3) is 2.78. The van der Waals surface area contributed by atoms with Crippen molar-refractivity contribution in [1.82, 2.24) is 15.1 Å². The van der Waals surface area contributed by atoms with Crippen LogP contribution in [-0.2, 0) is 16.1 Å². The molecule has 2 aliphatic rings. The average molecular weight is 287 g/mol. The van der Waals surface area contributed by atoms with Crippen LogP contribution in [0.3, 0.4) is 0 Å². The summed E-state index contributed by atoms with van der Waals surface area (Å²) in [6.07, 6.45) is 0. The molecule has 0 radical (unpaired) electrons. The Labute approximate surface area is 124 Å². The van der Waals surface area contributed by atoms with Crippen molar-refractivity contribution in [3.8, 4) is 0 Å². The quantitative estimate of drug-likeness (QED) is 0.863. The molecule has 112 valence electrons. The van der Waals surface area contributed by atoms with Gasteiger partial charge in [-0.25, -0.2) is 0 Å². The Morgan fingerprint density at radius 2 is 1.90 bits per heavy atom. The van der Waals surface area contributed by atoms with Crippen LogP contribution in [0.2, 0.25) is 0 Å². The first-order chi connectivity index (χ1) is 10.0. The molecule has 0 unspecified atom stereocenters. The summed E-state index contributed by atoms with van der Waals surface area (Å²) in [5.41, 5.74) is 2.49. The van der Waals surface area contributed by atoms with Crippen molar-refractivity contribution in [3.63, 3.8) is 0 Å². The Hall–Kier alpha value is -1.88. The van der Waals surface area contributed by atoms with Gasteiger partial charge < -0.3 is 10.2 Å². The Kier molecular flexibility index (Phi) is 3.68. The lowest BCUT2D eigenvalue weighted by atomic mass is 10.0. The summed E-state index contributed by atoms with van der Waals surface area (Å²) in [7, 11) is 0. The van der Waals surface area contributed by atoms with Crippen LogP contribution in [0.25, 0.3) is 0 Å². The third-order valence-electron chi connectivity index (χ3n) is 4.31.